The third kappa shape index (κ3) is 4.84. The van der Waals surface area contributed by atoms with Gasteiger partial charge in [0.15, 0.2) is 6.10 Å². The van der Waals surface area contributed by atoms with Crippen LogP contribution in [0, 0.1) is 0 Å². The number of alkyl halides is 3. The Morgan fingerprint density at radius 1 is 1.47 bits per heavy atom. The number of rotatable bonds is 5. The van der Waals surface area contributed by atoms with E-state index in [1.807, 2.05) is 0 Å². The molecule has 1 rings (SSSR count). The first-order valence-corrected chi connectivity index (χ1v) is 5.42. The number of hydrogen-bond acceptors (Lipinski definition) is 2. The minimum atomic E-state index is -4.23. The first-order valence-electron chi connectivity index (χ1n) is 5.42. The second-order valence-electron chi connectivity index (χ2n) is 3.99. The fourth-order valence-electron chi connectivity index (χ4n) is 1.69. The molecule has 0 aromatic heterocycles. The van der Waals surface area contributed by atoms with Crippen molar-refractivity contribution in [2.24, 2.45) is 0 Å². The molecule has 15 heavy (non-hydrogen) atoms. The standard InChI is InChI=1S/C10H18F3NO/c1-8(10(11,12)13)15-7-3-5-9-4-2-6-14-9/h8-9,14H,2-7H2,1H3. The lowest BCUT2D eigenvalue weighted by molar-refractivity contribution is -0.214. The molecule has 1 heterocycles. The lowest BCUT2D eigenvalue weighted by Crippen LogP contribution is -2.29. The van der Waals surface area contributed by atoms with Crippen LogP contribution >= 0.6 is 0 Å². The molecular weight excluding hydrogens is 207 g/mol. The van der Waals surface area contributed by atoms with Gasteiger partial charge in [-0.15, -0.1) is 0 Å². The molecule has 1 aliphatic heterocycles. The van der Waals surface area contributed by atoms with Crippen LogP contribution in [-0.2, 0) is 4.74 Å². The first kappa shape index (κ1) is 12.8. The second kappa shape index (κ2) is 5.70. The quantitative estimate of drug-likeness (QED) is 0.726. The van der Waals surface area contributed by atoms with Crippen molar-refractivity contribution in [2.45, 2.75) is 50.9 Å². The van der Waals surface area contributed by atoms with Gasteiger partial charge in [0.2, 0.25) is 0 Å². The maximum absolute atomic E-state index is 12.0. The van der Waals surface area contributed by atoms with Crippen LogP contribution in [0.3, 0.4) is 0 Å². The molecule has 0 radical (unpaired) electrons. The molecule has 5 heteroatoms. The van der Waals surface area contributed by atoms with Gasteiger partial charge in [0, 0.05) is 12.6 Å². The van der Waals surface area contributed by atoms with Crippen LogP contribution in [0.5, 0.6) is 0 Å². The number of halogens is 3. The molecule has 90 valence electrons. The van der Waals surface area contributed by atoms with Gasteiger partial charge in [0.05, 0.1) is 0 Å². The van der Waals surface area contributed by atoms with Gasteiger partial charge in [-0.1, -0.05) is 0 Å². The predicted molar refractivity (Wildman–Crippen MR) is 51.7 cm³/mol. The van der Waals surface area contributed by atoms with Crippen molar-refractivity contribution in [1.29, 1.82) is 0 Å². The van der Waals surface area contributed by atoms with Crippen molar-refractivity contribution < 1.29 is 17.9 Å². The van der Waals surface area contributed by atoms with Gasteiger partial charge in [-0.2, -0.15) is 13.2 Å². The van der Waals surface area contributed by atoms with Crippen molar-refractivity contribution in [3.8, 4) is 0 Å². The van der Waals surface area contributed by atoms with Gasteiger partial charge in [-0.05, 0) is 39.2 Å². The summed E-state index contributed by atoms with van der Waals surface area (Å²) in [4.78, 5) is 0. The summed E-state index contributed by atoms with van der Waals surface area (Å²) in [5.41, 5.74) is 0. The van der Waals surface area contributed by atoms with Crippen LogP contribution in [-0.4, -0.2) is 31.5 Å². The highest BCUT2D eigenvalue weighted by atomic mass is 19.4. The van der Waals surface area contributed by atoms with Gasteiger partial charge in [0.1, 0.15) is 0 Å². The third-order valence-electron chi connectivity index (χ3n) is 2.69. The van der Waals surface area contributed by atoms with E-state index in [1.165, 1.54) is 6.42 Å². The minimum Gasteiger partial charge on any atom is -0.369 e. The Bertz CT molecular complexity index is 178. The average Bonchev–Trinajstić information content (AvgIpc) is 2.63. The molecule has 0 saturated carbocycles. The zero-order valence-electron chi connectivity index (χ0n) is 8.94. The minimum absolute atomic E-state index is 0.193. The molecular formula is C10H18F3NO. The first-order chi connectivity index (χ1) is 7.00. The van der Waals surface area contributed by atoms with E-state index in [-0.39, 0.29) is 6.61 Å². The highest BCUT2D eigenvalue weighted by Gasteiger charge is 2.36. The molecule has 1 aliphatic rings. The Morgan fingerprint density at radius 3 is 2.73 bits per heavy atom. The maximum Gasteiger partial charge on any atom is 0.414 e. The van der Waals surface area contributed by atoms with Crippen LogP contribution in [0.4, 0.5) is 13.2 Å². The molecule has 1 saturated heterocycles. The van der Waals surface area contributed by atoms with Crippen LogP contribution in [0.15, 0.2) is 0 Å². The fourth-order valence-corrected chi connectivity index (χ4v) is 1.69. The summed E-state index contributed by atoms with van der Waals surface area (Å²) in [6.07, 6.45) is -1.97. The SMILES string of the molecule is CC(OCCCC1CCCN1)C(F)(F)F. The zero-order chi connectivity index (χ0) is 11.3. The Hall–Kier alpha value is -0.290. The van der Waals surface area contributed by atoms with E-state index in [0.717, 1.165) is 26.3 Å². The van der Waals surface area contributed by atoms with Gasteiger partial charge in [-0.3, -0.25) is 0 Å². The molecule has 0 aromatic carbocycles. The molecule has 0 spiro atoms. The molecule has 0 bridgehead atoms. The van der Waals surface area contributed by atoms with Gasteiger partial charge < -0.3 is 10.1 Å². The van der Waals surface area contributed by atoms with E-state index < -0.39 is 12.3 Å². The van der Waals surface area contributed by atoms with Crippen LogP contribution < -0.4 is 5.32 Å². The van der Waals surface area contributed by atoms with Crippen LogP contribution in [0.1, 0.15) is 32.6 Å². The average molecular weight is 225 g/mol. The van der Waals surface area contributed by atoms with E-state index in [1.54, 1.807) is 0 Å². The van der Waals surface area contributed by atoms with Gasteiger partial charge >= 0.3 is 6.18 Å². The molecule has 0 amide bonds. The Balaban J connectivity index is 2.01. The van der Waals surface area contributed by atoms with Crippen molar-refractivity contribution >= 4 is 0 Å². The second-order valence-corrected chi connectivity index (χ2v) is 3.99. The summed E-state index contributed by atoms with van der Waals surface area (Å²) in [5.74, 6) is 0. The predicted octanol–water partition coefficient (Wildman–Crippen LogP) is 2.49. The Labute approximate surface area is 88.2 Å². The van der Waals surface area contributed by atoms with Crippen LogP contribution in [0.25, 0.3) is 0 Å². The molecule has 1 fully saturated rings. The summed E-state index contributed by atoms with van der Waals surface area (Å²) >= 11 is 0. The highest BCUT2D eigenvalue weighted by Crippen LogP contribution is 2.22. The lowest BCUT2D eigenvalue weighted by atomic mass is 10.1. The largest absolute Gasteiger partial charge is 0.414 e. The van der Waals surface area contributed by atoms with E-state index in [0.29, 0.717) is 12.5 Å². The van der Waals surface area contributed by atoms with E-state index in [2.05, 4.69) is 5.32 Å². The maximum atomic E-state index is 12.0. The van der Waals surface area contributed by atoms with Crippen molar-refractivity contribution in [3.63, 3.8) is 0 Å². The molecule has 0 aliphatic carbocycles. The Morgan fingerprint density at radius 2 is 2.20 bits per heavy atom. The summed E-state index contributed by atoms with van der Waals surface area (Å²) in [6.45, 7) is 2.27. The van der Waals surface area contributed by atoms with Crippen LogP contribution in [0.2, 0.25) is 0 Å². The third-order valence-corrected chi connectivity index (χ3v) is 2.69. The number of nitrogens with one attached hydrogen (secondary N) is 1. The van der Waals surface area contributed by atoms with Crippen molar-refractivity contribution in [2.75, 3.05) is 13.2 Å². The molecule has 0 aromatic rings. The van der Waals surface area contributed by atoms with E-state index in [4.69, 9.17) is 4.74 Å². The summed E-state index contributed by atoms with van der Waals surface area (Å²) in [7, 11) is 0. The smallest absolute Gasteiger partial charge is 0.369 e. The van der Waals surface area contributed by atoms with Crippen molar-refractivity contribution in [1.82, 2.24) is 5.32 Å². The molecule has 1 N–H and O–H groups in total. The number of hydrogen-bond donors (Lipinski definition) is 1. The summed E-state index contributed by atoms with van der Waals surface area (Å²) in [6, 6.07) is 0.481. The molecule has 2 atom stereocenters. The van der Waals surface area contributed by atoms with Gasteiger partial charge in [0.25, 0.3) is 0 Å². The zero-order valence-corrected chi connectivity index (χ0v) is 8.94. The lowest BCUT2D eigenvalue weighted by Gasteiger charge is -2.17. The summed E-state index contributed by atoms with van der Waals surface area (Å²) < 4.78 is 40.8. The van der Waals surface area contributed by atoms with E-state index >= 15 is 0 Å². The van der Waals surface area contributed by atoms with Gasteiger partial charge in [-0.25, -0.2) is 0 Å². The Kier molecular flexibility index (Phi) is 4.86. The monoisotopic (exact) mass is 225 g/mol. The normalized spacial score (nSPS) is 24.4. The highest BCUT2D eigenvalue weighted by molar-refractivity contribution is 4.73. The molecule has 2 unspecified atom stereocenters. The fraction of sp³-hybridized carbons (Fsp3) is 1.00. The topological polar surface area (TPSA) is 21.3 Å². The summed E-state index contributed by atoms with van der Waals surface area (Å²) in [5, 5.41) is 3.30. The van der Waals surface area contributed by atoms with Crippen molar-refractivity contribution in [3.05, 3.63) is 0 Å². The number of ether oxygens (including phenoxy) is 1. The van der Waals surface area contributed by atoms with E-state index in [9.17, 15) is 13.2 Å². The molecule has 2 nitrogen and oxygen atoms in total.